The summed E-state index contributed by atoms with van der Waals surface area (Å²) < 4.78 is 10.6. The monoisotopic (exact) mass is 281 g/mol. The van der Waals surface area contributed by atoms with Crippen molar-refractivity contribution >= 4 is 5.91 Å². The number of carbonyl (C=O) groups is 1. The van der Waals surface area contributed by atoms with Crippen LogP contribution in [-0.2, 0) is 4.79 Å². The summed E-state index contributed by atoms with van der Waals surface area (Å²) in [7, 11) is 1.59. The molecule has 0 aliphatic carbocycles. The van der Waals surface area contributed by atoms with Crippen LogP contribution in [0.4, 0.5) is 0 Å². The van der Waals surface area contributed by atoms with Crippen molar-refractivity contribution in [3.05, 3.63) is 24.3 Å². The molecular formula is C15H23NO4. The number of nitrogens with one attached hydrogen (secondary N) is 1. The Balaban J connectivity index is 2.48. The van der Waals surface area contributed by atoms with Crippen molar-refractivity contribution in [2.24, 2.45) is 0 Å². The van der Waals surface area contributed by atoms with E-state index in [1.807, 2.05) is 6.92 Å². The van der Waals surface area contributed by atoms with Crippen molar-refractivity contribution in [3.63, 3.8) is 0 Å². The molecule has 2 N–H and O–H groups in total. The Labute approximate surface area is 119 Å². The molecule has 3 unspecified atom stereocenters. The number of hydrogen-bond donors (Lipinski definition) is 2. The average molecular weight is 281 g/mol. The van der Waals surface area contributed by atoms with Gasteiger partial charge < -0.3 is 19.9 Å². The molecule has 0 saturated heterocycles. The predicted octanol–water partition coefficient (Wildman–Crippen LogP) is 1.74. The van der Waals surface area contributed by atoms with Gasteiger partial charge in [-0.1, -0.05) is 0 Å². The van der Waals surface area contributed by atoms with Gasteiger partial charge in [-0.3, -0.25) is 4.79 Å². The maximum Gasteiger partial charge on any atom is 0.260 e. The smallest absolute Gasteiger partial charge is 0.260 e. The standard InChI is InChI=1S/C15H23NO4/c1-10(9-11(2)17)16-15(18)12(3)20-14-7-5-13(19-4)6-8-14/h5-8,10-12,17H,9H2,1-4H3,(H,16,18). The van der Waals surface area contributed by atoms with Gasteiger partial charge in [0.05, 0.1) is 13.2 Å². The molecule has 1 amide bonds. The number of rotatable bonds is 7. The fraction of sp³-hybridized carbons (Fsp3) is 0.533. The van der Waals surface area contributed by atoms with Crippen LogP contribution in [0, 0.1) is 0 Å². The molecule has 0 radical (unpaired) electrons. The van der Waals surface area contributed by atoms with Crippen molar-refractivity contribution in [1.82, 2.24) is 5.32 Å². The molecule has 1 aromatic carbocycles. The molecule has 20 heavy (non-hydrogen) atoms. The number of ether oxygens (including phenoxy) is 2. The second-order valence-corrected chi connectivity index (χ2v) is 4.93. The van der Waals surface area contributed by atoms with Crippen LogP contribution in [0.15, 0.2) is 24.3 Å². The molecule has 0 aromatic heterocycles. The van der Waals surface area contributed by atoms with Crippen molar-refractivity contribution in [2.45, 2.75) is 45.4 Å². The fourth-order valence-electron chi connectivity index (χ4n) is 1.84. The molecule has 0 fully saturated rings. The van der Waals surface area contributed by atoms with Gasteiger partial charge in [-0.2, -0.15) is 0 Å². The highest BCUT2D eigenvalue weighted by molar-refractivity contribution is 5.80. The summed E-state index contributed by atoms with van der Waals surface area (Å²) in [4.78, 5) is 11.9. The van der Waals surface area contributed by atoms with Gasteiger partial charge >= 0.3 is 0 Å². The van der Waals surface area contributed by atoms with Crippen LogP contribution in [0.1, 0.15) is 27.2 Å². The van der Waals surface area contributed by atoms with Gasteiger partial charge in [0.25, 0.3) is 5.91 Å². The Morgan fingerprint density at radius 2 is 1.75 bits per heavy atom. The van der Waals surface area contributed by atoms with E-state index in [1.165, 1.54) is 0 Å². The van der Waals surface area contributed by atoms with Crippen LogP contribution < -0.4 is 14.8 Å². The zero-order chi connectivity index (χ0) is 15.1. The van der Waals surface area contributed by atoms with Crippen LogP contribution in [0.5, 0.6) is 11.5 Å². The number of benzene rings is 1. The highest BCUT2D eigenvalue weighted by Crippen LogP contribution is 2.18. The van der Waals surface area contributed by atoms with E-state index in [9.17, 15) is 9.90 Å². The topological polar surface area (TPSA) is 67.8 Å². The molecule has 0 saturated carbocycles. The Kier molecular flexibility index (Phi) is 6.31. The van der Waals surface area contributed by atoms with Crippen LogP contribution in [-0.4, -0.2) is 36.4 Å². The quantitative estimate of drug-likeness (QED) is 0.799. The third-order valence-electron chi connectivity index (χ3n) is 2.82. The van der Waals surface area contributed by atoms with Crippen LogP contribution >= 0.6 is 0 Å². The van der Waals surface area contributed by atoms with E-state index in [2.05, 4.69) is 5.32 Å². The van der Waals surface area contributed by atoms with Gasteiger partial charge in [0.15, 0.2) is 6.10 Å². The predicted molar refractivity (Wildman–Crippen MR) is 77.0 cm³/mol. The summed E-state index contributed by atoms with van der Waals surface area (Å²) >= 11 is 0. The minimum absolute atomic E-state index is 0.0931. The highest BCUT2D eigenvalue weighted by Gasteiger charge is 2.17. The Bertz CT molecular complexity index is 416. The first-order valence-corrected chi connectivity index (χ1v) is 6.71. The van der Waals surface area contributed by atoms with Crippen molar-refractivity contribution in [2.75, 3.05) is 7.11 Å². The highest BCUT2D eigenvalue weighted by atomic mass is 16.5. The maximum absolute atomic E-state index is 11.9. The zero-order valence-electron chi connectivity index (χ0n) is 12.4. The number of carbonyl (C=O) groups excluding carboxylic acids is 1. The van der Waals surface area contributed by atoms with Crippen molar-refractivity contribution in [3.8, 4) is 11.5 Å². The number of hydrogen-bond acceptors (Lipinski definition) is 4. The van der Waals surface area contributed by atoms with Gasteiger partial charge in [0.2, 0.25) is 0 Å². The summed E-state index contributed by atoms with van der Waals surface area (Å²) in [5.74, 6) is 1.14. The van der Waals surface area contributed by atoms with Crippen LogP contribution in [0.3, 0.4) is 0 Å². The molecule has 0 aliphatic rings. The van der Waals surface area contributed by atoms with E-state index < -0.39 is 12.2 Å². The number of methoxy groups -OCH3 is 1. The molecule has 112 valence electrons. The lowest BCUT2D eigenvalue weighted by atomic mass is 10.1. The molecule has 0 heterocycles. The van der Waals surface area contributed by atoms with Gasteiger partial charge in [0, 0.05) is 6.04 Å². The van der Waals surface area contributed by atoms with E-state index in [0.717, 1.165) is 5.75 Å². The van der Waals surface area contributed by atoms with Gasteiger partial charge in [0.1, 0.15) is 11.5 Å². The second-order valence-electron chi connectivity index (χ2n) is 4.93. The Hall–Kier alpha value is -1.75. The summed E-state index contributed by atoms with van der Waals surface area (Å²) in [5.41, 5.74) is 0. The van der Waals surface area contributed by atoms with Crippen molar-refractivity contribution in [1.29, 1.82) is 0 Å². The first-order chi connectivity index (χ1) is 9.42. The van der Waals surface area contributed by atoms with E-state index in [0.29, 0.717) is 12.2 Å². The Morgan fingerprint density at radius 1 is 1.20 bits per heavy atom. The zero-order valence-corrected chi connectivity index (χ0v) is 12.4. The molecule has 3 atom stereocenters. The van der Waals surface area contributed by atoms with E-state index >= 15 is 0 Å². The van der Waals surface area contributed by atoms with E-state index in [-0.39, 0.29) is 11.9 Å². The maximum atomic E-state index is 11.9. The number of aliphatic hydroxyl groups excluding tert-OH is 1. The third-order valence-corrected chi connectivity index (χ3v) is 2.82. The number of aliphatic hydroxyl groups is 1. The van der Waals surface area contributed by atoms with E-state index in [4.69, 9.17) is 9.47 Å². The summed E-state index contributed by atoms with van der Waals surface area (Å²) in [6.45, 7) is 5.24. The molecule has 0 spiro atoms. The molecule has 1 rings (SSSR count). The minimum atomic E-state index is -0.597. The minimum Gasteiger partial charge on any atom is -0.497 e. The Morgan fingerprint density at radius 3 is 2.25 bits per heavy atom. The molecule has 5 heteroatoms. The molecular weight excluding hydrogens is 258 g/mol. The molecule has 0 bridgehead atoms. The van der Waals surface area contributed by atoms with Gasteiger partial charge in [-0.05, 0) is 51.5 Å². The normalized spacial score (nSPS) is 15.1. The molecule has 1 aromatic rings. The molecule has 5 nitrogen and oxygen atoms in total. The number of amides is 1. The van der Waals surface area contributed by atoms with E-state index in [1.54, 1.807) is 45.2 Å². The van der Waals surface area contributed by atoms with Crippen molar-refractivity contribution < 1.29 is 19.4 Å². The summed E-state index contributed by atoms with van der Waals surface area (Å²) in [6, 6.07) is 6.96. The second kappa shape index (κ2) is 7.75. The summed E-state index contributed by atoms with van der Waals surface area (Å²) in [5, 5.41) is 12.1. The lowest BCUT2D eigenvalue weighted by Gasteiger charge is -2.19. The fourth-order valence-corrected chi connectivity index (χ4v) is 1.84. The SMILES string of the molecule is COc1ccc(OC(C)C(=O)NC(C)CC(C)O)cc1. The largest absolute Gasteiger partial charge is 0.497 e. The van der Waals surface area contributed by atoms with Gasteiger partial charge in [-0.15, -0.1) is 0 Å². The summed E-state index contributed by atoms with van der Waals surface area (Å²) in [6.07, 6.45) is -0.524. The molecule has 0 aliphatic heterocycles. The first-order valence-electron chi connectivity index (χ1n) is 6.71. The third kappa shape index (κ3) is 5.48. The average Bonchev–Trinajstić information content (AvgIpc) is 2.38. The first kappa shape index (κ1) is 16.3. The lowest BCUT2D eigenvalue weighted by Crippen LogP contribution is -2.42. The van der Waals surface area contributed by atoms with Gasteiger partial charge in [-0.25, -0.2) is 0 Å². The van der Waals surface area contributed by atoms with Crippen LogP contribution in [0.2, 0.25) is 0 Å². The lowest BCUT2D eigenvalue weighted by molar-refractivity contribution is -0.128. The van der Waals surface area contributed by atoms with Crippen LogP contribution in [0.25, 0.3) is 0 Å².